The lowest BCUT2D eigenvalue weighted by Crippen LogP contribution is -2.28. The largest absolute Gasteiger partial charge is 0.438 e. The molecule has 3 N–H and O–H groups in total. The fourth-order valence-electron chi connectivity index (χ4n) is 2.47. The number of nitrogens with one attached hydrogen (secondary N) is 1. The zero-order chi connectivity index (χ0) is 26.4. The molecule has 196 valence electrons. The maximum absolute atomic E-state index is 13.2. The Morgan fingerprint density at radius 2 is 1.66 bits per heavy atom. The van der Waals surface area contributed by atoms with Crippen LogP contribution in [0.3, 0.4) is 0 Å². The number of halogens is 1. The quantitative estimate of drug-likeness (QED) is 0.113. The molecule has 0 aromatic carbocycles. The van der Waals surface area contributed by atoms with Crippen molar-refractivity contribution in [3.05, 3.63) is 24.2 Å². The SMILES string of the molecule is CC(C)(C)C(=O)OCOP(=O)(C/C=C/Cn1cnc2c1NC(N)=NC2Cl)OCOC(=O)C(C)(C)C. The molecule has 0 saturated heterocycles. The molecule has 35 heavy (non-hydrogen) atoms. The number of alkyl halides is 1. The summed E-state index contributed by atoms with van der Waals surface area (Å²) >= 11 is 6.13. The molecule has 2 rings (SSSR count). The second-order valence-corrected chi connectivity index (χ2v) is 12.2. The average Bonchev–Trinajstić information content (AvgIpc) is 3.13. The number of hydrogen-bond donors (Lipinski definition) is 2. The van der Waals surface area contributed by atoms with Crippen LogP contribution in [0.1, 0.15) is 52.7 Å². The molecule has 12 nitrogen and oxygen atoms in total. The van der Waals surface area contributed by atoms with Gasteiger partial charge in [0.15, 0.2) is 11.5 Å². The molecule has 0 bridgehead atoms. The highest BCUT2D eigenvalue weighted by molar-refractivity contribution is 7.54. The molecular weight excluding hydrogens is 501 g/mol. The number of ether oxygens (including phenoxy) is 2. The number of carbonyl (C=O) groups excluding carboxylic acids is 2. The molecular formula is C21H33ClN5O7P. The highest BCUT2D eigenvalue weighted by Gasteiger charge is 2.29. The first-order chi connectivity index (χ1) is 16.1. The van der Waals surface area contributed by atoms with E-state index in [1.165, 1.54) is 0 Å². The van der Waals surface area contributed by atoms with Gasteiger partial charge >= 0.3 is 19.5 Å². The zero-order valence-corrected chi connectivity index (χ0v) is 22.4. The molecule has 0 amide bonds. The van der Waals surface area contributed by atoms with Gasteiger partial charge in [-0.1, -0.05) is 23.8 Å². The predicted molar refractivity (Wildman–Crippen MR) is 131 cm³/mol. The van der Waals surface area contributed by atoms with Crippen LogP contribution in [0.2, 0.25) is 0 Å². The lowest BCUT2D eigenvalue weighted by Gasteiger charge is -2.21. The van der Waals surface area contributed by atoms with E-state index in [0.29, 0.717) is 18.1 Å². The van der Waals surface area contributed by atoms with Crippen molar-refractivity contribution < 1.29 is 32.7 Å². The summed E-state index contributed by atoms with van der Waals surface area (Å²) in [6.45, 7) is 9.23. The Morgan fingerprint density at radius 1 is 1.11 bits per heavy atom. The van der Waals surface area contributed by atoms with Crippen LogP contribution in [0.5, 0.6) is 0 Å². The normalized spacial score (nSPS) is 16.4. The third-order valence-corrected chi connectivity index (χ3v) is 6.45. The number of rotatable bonds is 10. The second kappa shape index (κ2) is 11.6. The fraction of sp³-hybridized carbons (Fsp3) is 0.619. The Labute approximate surface area is 209 Å². The van der Waals surface area contributed by atoms with Crippen molar-refractivity contribution in [3.8, 4) is 0 Å². The summed E-state index contributed by atoms with van der Waals surface area (Å²) in [5.41, 5.74) is 4.05. The van der Waals surface area contributed by atoms with Gasteiger partial charge in [-0.3, -0.25) is 23.2 Å². The minimum Gasteiger partial charge on any atom is -0.438 e. The molecule has 0 fully saturated rings. The van der Waals surface area contributed by atoms with Crippen LogP contribution in [0, 0.1) is 10.8 Å². The van der Waals surface area contributed by atoms with Crippen LogP contribution in [0.15, 0.2) is 23.5 Å². The van der Waals surface area contributed by atoms with E-state index in [4.69, 9.17) is 35.9 Å². The summed E-state index contributed by atoms with van der Waals surface area (Å²) in [7, 11) is -3.83. The van der Waals surface area contributed by atoms with Gasteiger partial charge in [0.05, 0.1) is 23.3 Å². The predicted octanol–water partition coefficient (Wildman–Crippen LogP) is 3.74. The van der Waals surface area contributed by atoms with Gasteiger partial charge in [0.2, 0.25) is 13.6 Å². The van der Waals surface area contributed by atoms with Gasteiger partial charge in [0, 0.05) is 6.54 Å². The van der Waals surface area contributed by atoms with E-state index in [2.05, 4.69) is 15.3 Å². The molecule has 1 aromatic rings. The monoisotopic (exact) mass is 533 g/mol. The molecule has 0 spiro atoms. The van der Waals surface area contributed by atoms with Crippen LogP contribution >= 0.6 is 19.2 Å². The van der Waals surface area contributed by atoms with Crippen molar-refractivity contribution in [2.75, 3.05) is 25.1 Å². The van der Waals surface area contributed by atoms with Crippen LogP contribution in [-0.4, -0.2) is 47.2 Å². The summed E-state index contributed by atoms with van der Waals surface area (Å²) in [5.74, 6) is -0.293. The van der Waals surface area contributed by atoms with E-state index in [-0.39, 0.29) is 12.1 Å². The van der Waals surface area contributed by atoms with E-state index in [1.807, 2.05) is 0 Å². The number of hydrogen-bond acceptors (Lipinski definition) is 11. The number of aliphatic imine (C=N–C) groups is 1. The molecule has 0 saturated carbocycles. The van der Waals surface area contributed by atoms with Crippen LogP contribution in [-0.2, 0) is 39.2 Å². The van der Waals surface area contributed by atoms with E-state index in [1.54, 1.807) is 64.6 Å². The molecule has 0 aliphatic carbocycles. The van der Waals surface area contributed by atoms with Crippen molar-refractivity contribution in [1.82, 2.24) is 9.55 Å². The first-order valence-electron chi connectivity index (χ1n) is 10.8. The average molecular weight is 534 g/mol. The number of fused-ring (bicyclic) bond motifs is 1. The van der Waals surface area contributed by atoms with Crippen molar-refractivity contribution in [3.63, 3.8) is 0 Å². The summed E-state index contributed by atoms with van der Waals surface area (Å²) in [5, 5.41) is 2.91. The number of aromatic nitrogens is 2. The molecule has 1 aliphatic rings. The maximum Gasteiger partial charge on any atom is 0.340 e. The Morgan fingerprint density at radius 3 is 2.17 bits per heavy atom. The van der Waals surface area contributed by atoms with Gasteiger partial charge in [-0.2, -0.15) is 0 Å². The minimum atomic E-state index is -3.83. The number of allylic oxidation sites excluding steroid dienone is 2. The first-order valence-corrected chi connectivity index (χ1v) is 13.0. The van der Waals surface area contributed by atoms with Gasteiger partial charge in [-0.25, -0.2) is 9.98 Å². The summed E-state index contributed by atoms with van der Waals surface area (Å²) < 4.78 is 35.6. The molecule has 1 aliphatic heterocycles. The molecule has 14 heteroatoms. The minimum absolute atomic E-state index is 0.167. The van der Waals surface area contributed by atoms with Crippen LogP contribution < -0.4 is 11.1 Å². The van der Waals surface area contributed by atoms with Crippen LogP contribution in [0.4, 0.5) is 5.82 Å². The molecule has 1 unspecified atom stereocenters. The number of imidazole rings is 1. The van der Waals surface area contributed by atoms with Gasteiger partial charge in [-0.15, -0.1) is 0 Å². The Kier molecular flexibility index (Phi) is 9.52. The van der Waals surface area contributed by atoms with Crippen LogP contribution in [0.25, 0.3) is 0 Å². The van der Waals surface area contributed by atoms with Gasteiger partial charge in [-0.05, 0) is 41.5 Å². The first kappa shape index (κ1) is 28.8. The smallest absolute Gasteiger partial charge is 0.340 e. The van der Waals surface area contributed by atoms with E-state index in [9.17, 15) is 14.2 Å². The molecule has 1 aromatic heterocycles. The lowest BCUT2D eigenvalue weighted by atomic mass is 9.98. The van der Waals surface area contributed by atoms with Gasteiger partial charge in [0.25, 0.3) is 0 Å². The summed E-state index contributed by atoms with van der Waals surface area (Å²) in [4.78, 5) is 32.1. The lowest BCUT2D eigenvalue weighted by molar-refractivity contribution is -0.161. The number of nitrogens with zero attached hydrogens (tertiary/aromatic N) is 3. The highest BCUT2D eigenvalue weighted by atomic mass is 35.5. The van der Waals surface area contributed by atoms with E-state index in [0.717, 1.165) is 0 Å². The molecule has 2 heterocycles. The van der Waals surface area contributed by atoms with E-state index >= 15 is 0 Å². The number of nitrogens with two attached hydrogens (primary N) is 1. The Bertz CT molecular complexity index is 990. The Balaban J connectivity index is 2.00. The number of esters is 2. The maximum atomic E-state index is 13.2. The number of anilines is 1. The molecule has 0 radical (unpaired) electrons. The standard InChI is InChI=1S/C21H33ClN5O7P/c1-20(2,3)17(28)31-12-33-35(30,34-13-32-18(29)21(4,5)6)10-8-7-9-27-11-24-14-15(22)25-19(23)26-16(14)27/h7-8,11,15H,9-10,12-13H2,1-6H3,(H3,23,25,26)/b8-7+. The second-order valence-electron chi connectivity index (χ2n) is 9.73. The van der Waals surface area contributed by atoms with Crippen molar-refractivity contribution in [2.24, 2.45) is 21.6 Å². The molecule has 1 atom stereocenters. The third kappa shape index (κ3) is 8.64. The van der Waals surface area contributed by atoms with Crippen molar-refractivity contribution >= 4 is 42.9 Å². The summed E-state index contributed by atoms with van der Waals surface area (Å²) in [6.07, 6.45) is 4.68. The number of carbonyl (C=O) groups is 2. The third-order valence-electron chi connectivity index (χ3n) is 4.49. The summed E-state index contributed by atoms with van der Waals surface area (Å²) in [6, 6.07) is 0. The van der Waals surface area contributed by atoms with E-state index < -0.39 is 49.5 Å². The van der Waals surface area contributed by atoms with Gasteiger partial charge < -0.3 is 25.1 Å². The topological polar surface area (TPSA) is 156 Å². The fourth-order valence-corrected chi connectivity index (χ4v) is 3.86. The highest BCUT2D eigenvalue weighted by Crippen LogP contribution is 2.48. The Hall–Kier alpha value is -2.40. The van der Waals surface area contributed by atoms with Gasteiger partial charge in [0.1, 0.15) is 11.5 Å². The van der Waals surface area contributed by atoms with Crippen molar-refractivity contribution in [1.29, 1.82) is 0 Å². The number of guanidine groups is 1. The zero-order valence-electron chi connectivity index (χ0n) is 20.7. The van der Waals surface area contributed by atoms with Crippen molar-refractivity contribution in [2.45, 2.75) is 53.6 Å².